The summed E-state index contributed by atoms with van der Waals surface area (Å²) in [5.74, 6) is -0.117. The number of carboxylic acid groups (broad SMARTS) is 1. The van der Waals surface area contributed by atoms with E-state index in [0.717, 1.165) is 18.6 Å². The Bertz CT molecular complexity index is 145. The Labute approximate surface area is 78.0 Å². The highest BCUT2D eigenvalue weighted by Gasteiger charge is 2.07. The average molecular weight is 187 g/mol. The molecule has 70 valence electrons. The molecule has 0 amide bonds. The van der Waals surface area contributed by atoms with Gasteiger partial charge in [-0.1, -0.05) is 19.4 Å². The lowest BCUT2D eigenvalue weighted by Gasteiger charge is -2.15. The number of allylic oxidation sites excluding steroid dienone is 1. The van der Waals surface area contributed by atoms with E-state index in [9.17, 15) is 9.90 Å². The highest BCUT2D eigenvalue weighted by molar-refractivity contribution is 8.00. The van der Waals surface area contributed by atoms with E-state index < -0.39 is 5.97 Å². The number of thioether (sulfide) groups is 1. The van der Waals surface area contributed by atoms with Crippen LogP contribution in [0.3, 0.4) is 0 Å². The zero-order valence-electron chi connectivity index (χ0n) is 7.41. The molecule has 1 atom stereocenters. The van der Waals surface area contributed by atoms with E-state index in [1.54, 1.807) is 6.08 Å². The lowest BCUT2D eigenvalue weighted by Crippen LogP contribution is -2.33. The summed E-state index contributed by atoms with van der Waals surface area (Å²) in [7, 11) is 0. The summed E-state index contributed by atoms with van der Waals surface area (Å²) in [6.45, 7) is 5.55. The van der Waals surface area contributed by atoms with Gasteiger partial charge >= 0.3 is 0 Å². The summed E-state index contributed by atoms with van der Waals surface area (Å²) in [6, 6.07) is 0. The molecule has 0 aromatic carbocycles. The molecule has 2 nitrogen and oxygen atoms in total. The van der Waals surface area contributed by atoms with Crippen molar-refractivity contribution in [3.8, 4) is 0 Å². The normalized spacial score (nSPS) is 12.4. The molecule has 0 aliphatic heterocycles. The number of hydrogen-bond acceptors (Lipinski definition) is 3. The summed E-state index contributed by atoms with van der Waals surface area (Å²) in [5, 5.41) is 10.2. The van der Waals surface area contributed by atoms with Gasteiger partial charge in [0.05, 0.1) is 5.97 Å². The molecule has 3 heteroatoms. The van der Waals surface area contributed by atoms with Crippen molar-refractivity contribution in [3.63, 3.8) is 0 Å². The number of hydrogen-bond donors (Lipinski definition) is 0. The Morgan fingerprint density at radius 1 is 1.75 bits per heavy atom. The third-order valence-electron chi connectivity index (χ3n) is 1.45. The molecule has 0 bridgehead atoms. The van der Waals surface area contributed by atoms with Crippen LogP contribution in [-0.4, -0.2) is 17.0 Å². The monoisotopic (exact) mass is 187 g/mol. The molecular weight excluding hydrogens is 172 g/mol. The van der Waals surface area contributed by atoms with Gasteiger partial charge in [-0.25, -0.2) is 0 Å². The molecule has 0 fully saturated rings. The van der Waals surface area contributed by atoms with Gasteiger partial charge in [-0.3, -0.25) is 0 Å². The first kappa shape index (κ1) is 11.6. The number of carbonyl (C=O) groups is 1. The van der Waals surface area contributed by atoms with Gasteiger partial charge in [-0.2, -0.15) is 11.8 Å². The Balaban J connectivity index is 3.63. The second kappa shape index (κ2) is 7.22. The van der Waals surface area contributed by atoms with Gasteiger partial charge in [0.15, 0.2) is 0 Å². The van der Waals surface area contributed by atoms with E-state index in [1.807, 2.05) is 6.92 Å². The first-order chi connectivity index (χ1) is 5.72. The molecule has 0 spiro atoms. The van der Waals surface area contributed by atoms with E-state index in [0.29, 0.717) is 6.42 Å². The zero-order valence-corrected chi connectivity index (χ0v) is 8.23. The quantitative estimate of drug-likeness (QED) is 0.444. The smallest absolute Gasteiger partial charge is 0.0544 e. The fourth-order valence-electron chi connectivity index (χ4n) is 0.825. The van der Waals surface area contributed by atoms with Crippen LogP contribution in [0.5, 0.6) is 0 Å². The number of aliphatic carboxylic acids is 1. The molecule has 0 saturated heterocycles. The van der Waals surface area contributed by atoms with Crippen molar-refractivity contribution in [2.75, 3.05) is 5.75 Å². The van der Waals surface area contributed by atoms with Gasteiger partial charge in [0.2, 0.25) is 0 Å². The summed E-state index contributed by atoms with van der Waals surface area (Å²) >= 11 is 1.45. The Morgan fingerprint density at radius 3 is 2.83 bits per heavy atom. The van der Waals surface area contributed by atoms with Crippen LogP contribution in [0.4, 0.5) is 0 Å². The standard InChI is InChI=1S/C9H16O2S/c1-3-5-7-12-8(6-4-2)9(10)11/h3,8H,1,4-7H2,2H3,(H,10,11)/p-1. The fraction of sp³-hybridized carbons (Fsp3) is 0.667. The van der Waals surface area contributed by atoms with Crippen molar-refractivity contribution in [2.45, 2.75) is 31.4 Å². The molecule has 0 aromatic rings. The van der Waals surface area contributed by atoms with E-state index in [1.165, 1.54) is 11.8 Å². The Morgan fingerprint density at radius 2 is 2.42 bits per heavy atom. The molecule has 0 N–H and O–H groups in total. The minimum atomic E-state index is -0.939. The van der Waals surface area contributed by atoms with Crippen molar-refractivity contribution in [1.82, 2.24) is 0 Å². The predicted molar refractivity (Wildman–Crippen MR) is 51.0 cm³/mol. The molecule has 0 saturated carbocycles. The van der Waals surface area contributed by atoms with Crippen LogP contribution in [0.15, 0.2) is 12.7 Å². The molecule has 0 aromatic heterocycles. The molecule has 0 rings (SSSR count). The van der Waals surface area contributed by atoms with E-state index in [-0.39, 0.29) is 5.25 Å². The minimum absolute atomic E-state index is 0.338. The molecule has 0 aliphatic rings. The summed E-state index contributed by atoms with van der Waals surface area (Å²) in [6.07, 6.45) is 4.24. The number of carboxylic acids is 1. The van der Waals surface area contributed by atoms with E-state index in [2.05, 4.69) is 6.58 Å². The minimum Gasteiger partial charge on any atom is -0.549 e. The zero-order chi connectivity index (χ0) is 9.40. The van der Waals surface area contributed by atoms with Crippen LogP contribution in [-0.2, 0) is 4.79 Å². The van der Waals surface area contributed by atoms with Gasteiger partial charge in [0, 0.05) is 5.25 Å². The second-order valence-electron chi connectivity index (χ2n) is 2.54. The van der Waals surface area contributed by atoms with Crippen molar-refractivity contribution < 1.29 is 9.90 Å². The molecule has 1 unspecified atom stereocenters. The second-order valence-corrected chi connectivity index (χ2v) is 3.86. The number of rotatable bonds is 7. The summed E-state index contributed by atoms with van der Waals surface area (Å²) < 4.78 is 0. The topological polar surface area (TPSA) is 40.1 Å². The molecule has 12 heavy (non-hydrogen) atoms. The maximum atomic E-state index is 10.5. The van der Waals surface area contributed by atoms with Crippen molar-refractivity contribution in [1.29, 1.82) is 0 Å². The average Bonchev–Trinajstić information content (AvgIpc) is 2.03. The lowest BCUT2D eigenvalue weighted by atomic mass is 10.2. The van der Waals surface area contributed by atoms with Gasteiger partial charge in [0.1, 0.15) is 0 Å². The highest BCUT2D eigenvalue weighted by atomic mass is 32.2. The van der Waals surface area contributed by atoms with Gasteiger partial charge in [-0.15, -0.1) is 6.58 Å². The fourth-order valence-corrected chi connectivity index (χ4v) is 1.95. The lowest BCUT2D eigenvalue weighted by molar-refractivity contribution is -0.304. The van der Waals surface area contributed by atoms with Crippen molar-refractivity contribution in [3.05, 3.63) is 12.7 Å². The van der Waals surface area contributed by atoms with Crippen LogP contribution < -0.4 is 5.11 Å². The SMILES string of the molecule is C=CCCSC(CCC)C(=O)[O-]. The van der Waals surface area contributed by atoms with Gasteiger partial charge in [0.25, 0.3) is 0 Å². The maximum absolute atomic E-state index is 10.5. The van der Waals surface area contributed by atoms with Crippen molar-refractivity contribution >= 4 is 17.7 Å². The maximum Gasteiger partial charge on any atom is 0.0544 e. The van der Waals surface area contributed by atoms with Crippen LogP contribution in [0.25, 0.3) is 0 Å². The largest absolute Gasteiger partial charge is 0.549 e. The third-order valence-corrected chi connectivity index (χ3v) is 2.76. The first-order valence-electron chi connectivity index (χ1n) is 4.15. The van der Waals surface area contributed by atoms with E-state index in [4.69, 9.17) is 0 Å². The Hall–Kier alpha value is -0.440. The molecule has 0 radical (unpaired) electrons. The van der Waals surface area contributed by atoms with Crippen LogP contribution in [0, 0.1) is 0 Å². The third kappa shape index (κ3) is 5.24. The van der Waals surface area contributed by atoms with Crippen molar-refractivity contribution in [2.24, 2.45) is 0 Å². The molecular formula is C9H15O2S-. The highest BCUT2D eigenvalue weighted by Crippen LogP contribution is 2.16. The van der Waals surface area contributed by atoms with Gasteiger partial charge in [-0.05, 0) is 18.6 Å². The molecule has 0 heterocycles. The van der Waals surface area contributed by atoms with E-state index >= 15 is 0 Å². The number of carbonyl (C=O) groups excluding carboxylic acids is 1. The van der Waals surface area contributed by atoms with Crippen LogP contribution in [0.1, 0.15) is 26.2 Å². The van der Waals surface area contributed by atoms with Crippen LogP contribution in [0.2, 0.25) is 0 Å². The summed E-state index contributed by atoms with van der Waals surface area (Å²) in [5.41, 5.74) is 0. The first-order valence-corrected chi connectivity index (χ1v) is 5.20. The van der Waals surface area contributed by atoms with Gasteiger partial charge < -0.3 is 9.90 Å². The van der Waals surface area contributed by atoms with Crippen LogP contribution >= 0.6 is 11.8 Å². The molecule has 0 aliphatic carbocycles. The Kier molecular flexibility index (Phi) is 6.96. The predicted octanol–water partition coefficient (Wildman–Crippen LogP) is 1.21. The summed E-state index contributed by atoms with van der Waals surface area (Å²) in [4.78, 5) is 10.5.